The molecule has 0 atom stereocenters. The molecule has 1 aromatic rings. The van der Waals surface area contributed by atoms with Crippen LogP contribution in [0.4, 0.5) is 0 Å². The van der Waals surface area contributed by atoms with E-state index < -0.39 is 0 Å². The predicted octanol–water partition coefficient (Wildman–Crippen LogP) is 2.99. The van der Waals surface area contributed by atoms with Crippen LogP contribution >= 0.6 is 11.6 Å². The Hall–Kier alpha value is -1.26. The molecule has 0 spiro atoms. The van der Waals surface area contributed by atoms with Crippen LogP contribution in [0.15, 0.2) is 18.2 Å². The Labute approximate surface area is 131 Å². The SMILES string of the molecule is CC(C)(C)N1CCCN(C(=O)c2ccc(O)c(Cl)c2)CC1. The number of nitrogens with zero attached hydrogens (tertiary/aromatic N) is 2. The Bertz CT molecular complexity index is 525. The molecule has 0 radical (unpaired) electrons. The quantitative estimate of drug-likeness (QED) is 0.867. The zero-order valence-electron chi connectivity index (χ0n) is 12.9. The molecule has 0 unspecified atom stereocenters. The van der Waals surface area contributed by atoms with Gasteiger partial charge in [0, 0.05) is 37.3 Å². The van der Waals surface area contributed by atoms with Crippen molar-refractivity contribution in [2.45, 2.75) is 32.7 Å². The van der Waals surface area contributed by atoms with Gasteiger partial charge in [-0.2, -0.15) is 0 Å². The number of rotatable bonds is 1. The second kappa shape index (κ2) is 6.24. The van der Waals surface area contributed by atoms with E-state index in [-0.39, 0.29) is 22.2 Å². The first-order chi connectivity index (χ1) is 9.79. The van der Waals surface area contributed by atoms with Crippen LogP contribution in [0.1, 0.15) is 37.6 Å². The smallest absolute Gasteiger partial charge is 0.253 e. The third-order valence-electron chi connectivity index (χ3n) is 3.93. The molecular weight excluding hydrogens is 288 g/mol. The average Bonchev–Trinajstić information content (AvgIpc) is 2.66. The van der Waals surface area contributed by atoms with Crippen molar-refractivity contribution in [2.75, 3.05) is 26.2 Å². The largest absolute Gasteiger partial charge is 0.506 e. The van der Waals surface area contributed by atoms with Crippen LogP contribution in [0.5, 0.6) is 5.75 Å². The fraction of sp³-hybridized carbons (Fsp3) is 0.562. The van der Waals surface area contributed by atoms with Crippen molar-refractivity contribution in [1.29, 1.82) is 0 Å². The Morgan fingerprint density at radius 1 is 1.19 bits per heavy atom. The number of hydrogen-bond donors (Lipinski definition) is 1. The summed E-state index contributed by atoms with van der Waals surface area (Å²) in [7, 11) is 0. The van der Waals surface area contributed by atoms with E-state index in [1.54, 1.807) is 6.07 Å². The molecule has 1 fully saturated rings. The fourth-order valence-corrected chi connectivity index (χ4v) is 2.79. The fourth-order valence-electron chi connectivity index (χ4n) is 2.61. The lowest BCUT2D eigenvalue weighted by Gasteiger charge is -2.34. The van der Waals surface area contributed by atoms with Crippen molar-refractivity contribution < 1.29 is 9.90 Å². The van der Waals surface area contributed by atoms with Crippen molar-refractivity contribution in [3.05, 3.63) is 28.8 Å². The minimum absolute atomic E-state index is 0.00277. The summed E-state index contributed by atoms with van der Waals surface area (Å²) in [5.41, 5.74) is 0.656. The van der Waals surface area contributed by atoms with E-state index in [9.17, 15) is 9.90 Å². The molecule has 21 heavy (non-hydrogen) atoms. The van der Waals surface area contributed by atoms with Crippen LogP contribution < -0.4 is 0 Å². The molecule has 1 aliphatic rings. The molecule has 5 heteroatoms. The van der Waals surface area contributed by atoms with Gasteiger partial charge in [-0.15, -0.1) is 0 Å². The second-order valence-electron chi connectivity index (χ2n) is 6.47. The maximum Gasteiger partial charge on any atom is 0.253 e. The van der Waals surface area contributed by atoms with Crippen molar-refractivity contribution in [2.24, 2.45) is 0 Å². The van der Waals surface area contributed by atoms with E-state index in [1.807, 2.05) is 4.90 Å². The normalized spacial score (nSPS) is 17.6. The van der Waals surface area contributed by atoms with Crippen molar-refractivity contribution in [1.82, 2.24) is 9.80 Å². The van der Waals surface area contributed by atoms with Gasteiger partial charge < -0.3 is 10.0 Å². The Kier molecular flexibility index (Phi) is 4.79. The van der Waals surface area contributed by atoms with Gasteiger partial charge in [0.1, 0.15) is 5.75 Å². The van der Waals surface area contributed by atoms with Gasteiger partial charge >= 0.3 is 0 Å². The van der Waals surface area contributed by atoms with Crippen LogP contribution in [-0.4, -0.2) is 52.5 Å². The highest BCUT2D eigenvalue weighted by Gasteiger charge is 2.26. The summed E-state index contributed by atoms with van der Waals surface area (Å²) >= 11 is 5.88. The lowest BCUT2D eigenvalue weighted by atomic mass is 10.1. The van der Waals surface area contributed by atoms with Crippen LogP contribution in [0.25, 0.3) is 0 Å². The summed E-state index contributed by atoms with van der Waals surface area (Å²) < 4.78 is 0. The number of phenols is 1. The van der Waals surface area contributed by atoms with E-state index in [0.717, 1.165) is 26.1 Å². The van der Waals surface area contributed by atoms with Gasteiger partial charge in [0.15, 0.2) is 0 Å². The topological polar surface area (TPSA) is 43.8 Å². The monoisotopic (exact) mass is 310 g/mol. The number of benzene rings is 1. The van der Waals surface area contributed by atoms with Crippen LogP contribution in [0.2, 0.25) is 5.02 Å². The minimum atomic E-state index is -0.0207. The molecule has 0 saturated carbocycles. The number of hydrogen-bond acceptors (Lipinski definition) is 3. The highest BCUT2D eigenvalue weighted by Crippen LogP contribution is 2.25. The summed E-state index contributed by atoms with van der Waals surface area (Å²) in [6.45, 7) is 9.95. The van der Waals surface area contributed by atoms with E-state index in [2.05, 4.69) is 25.7 Å². The maximum atomic E-state index is 12.5. The van der Waals surface area contributed by atoms with Crippen LogP contribution in [0.3, 0.4) is 0 Å². The van der Waals surface area contributed by atoms with Gasteiger partial charge in [0.2, 0.25) is 0 Å². The molecular formula is C16H23ClN2O2. The summed E-state index contributed by atoms with van der Waals surface area (Å²) in [6, 6.07) is 4.62. The number of halogens is 1. The number of phenolic OH excluding ortho intramolecular Hbond substituents is 1. The number of carbonyl (C=O) groups excluding carboxylic acids is 1. The van der Waals surface area contributed by atoms with Gasteiger partial charge in [-0.1, -0.05) is 11.6 Å². The molecule has 0 aliphatic carbocycles. The predicted molar refractivity (Wildman–Crippen MR) is 85.0 cm³/mol. The molecule has 2 rings (SSSR count). The summed E-state index contributed by atoms with van der Waals surface area (Å²) in [6.07, 6.45) is 0.967. The Morgan fingerprint density at radius 3 is 2.52 bits per heavy atom. The second-order valence-corrected chi connectivity index (χ2v) is 6.88. The lowest BCUT2D eigenvalue weighted by molar-refractivity contribution is 0.0749. The molecule has 1 amide bonds. The minimum Gasteiger partial charge on any atom is -0.506 e. The first-order valence-electron chi connectivity index (χ1n) is 7.32. The molecule has 116 valence electrons. The van der Waals surface area contributed by atoms with E-state index in [1.165, 1.54) is 12.1 Å². The van der Waals surface area contributed by atoms with Crippen molar-refractivity contribution in [3.8, 4) is 5.75 Å². The molecule has 1 saturated heterocycles. The zero-order valence-corrected chi connectivity index (χ0v) is 13.7. The molecule has 1 aliphatic heterocycles. The number of aromatic hydroxyl groups is 1. The Morgan fingerprint density at radius 2 is 1.90 bits per heavy atom. The van der Waals surface area contributed by atoms with Crippen LogP contribution in [-0.2, 0) is 0 Å². The van der Waals surface area contributed by atoms with Gasteiger partial charge in [0.25, 0.3) is 5.91 Å². The molecule has 0 aromatic heterocycles. The van der Waals surface area contributed by atoms with E-state index in [4.69, 9.17) is 11.6 Å². The van der Waals surface area contributed by atoms with Crippen molar-refractivity contribution in [3.63, 3.8) is 0 Å². The average molecular weight is 311 g/mol. The highest BCUT2D eigenvalue weighted by molar-refractivity contribution is 6.32. The summed E-state index contributed by atoms with van der Waals surface area (Å²) in [4.78, 5) is 16.8. The molecule has 1 heterocycles. The first kappa shape index (κ1) is 16.1. The highest BCUT2D eigenvalue weighted by atomic mass is 35.5. The van der Waals surface area contributed by atoms with Crippen LogP contribution in [0, 0.1) is 0 Å². The molecule has 1 N–H and O–H groups in total. The maximum absolute atomic E-state index is 12.5. The number of carbonyl (C=O) groups is 1. The lowest BCUT2D eigenvalue weighted by Crippen LogP contribution is -2.44. The summed E-state index contributed by atoms with van der Waals surface area (Å²) in [5.74, 6) is -0.0179. The third-order valence-corrected chi connectivity index (χ3v) is 4.23. The van der Waals surface area contributed by atoms with Gasteiger partial charge in [-0.3, -0.25) is 9.69 Å². The molecule has 0 bridgehead atoms. The molecule has 1 aromatic carbocycles. The van der Waals surface area contributed by atoms with Gasteiger partial charge in [-0.25, -0.2) is 0 Å². The van der Waals surface area contributed by atoms with Gasteiger partial charge in [-0.05, 0) is 45.4 Å². The zero-order chi connectivity index (χ0) is 15.6. The number of amides is 1. The van der Waals surface area contributed by atoms with E-state index >= 15 is 0 Å². The first-order valence-corrected chi connectivity index (χ1v) is 7.69. The Balaban J connectivity index is 2.08. The standard InChI is InChI=1S/C16H23ClN2O2/c1-16(2,3)19-8-4-7-18(9-10-19)15(21)12-5-6-14(20)13(17)11-12/h5-6,11,20H,4,7-10H2,1-3H3. The van der Waals surface area contributed by atoms with Gasteiger partial charge in [0.05, 0.1) is 5.02 Å². The third kappa shape index (κ3) is 3.89. The summed E-state index contributed by atoms with van der Waals surface area (Å²) in [5, 5.41) is 9.66. The molecule has 4 nitrogen and oxygen atoms in total. The van der Waals surface area contributed by atoms with E-state index in [0.29, 0.717) is 12.1 Å². The van der Waals surface area contributed by atoms with Crippen molar-refractivity contribution >= 4 is 17.5 Å².